The summed E-state index contributed by atoms with van der Waals surface area (Å²) in [6.45, 7) is 0. The van der Waals surface area contributed by atoms with E-state index in [-0.39, 0.29) is 51.3 Å². The van der Waals surface area contributed by atoms with Crippen molar-refractivity contribution in [3.63, 3.8) is 0 Å². The average molecular weight is 1110 g/mol. The molecule has 4 rings (SSSR count). The lowest BCUT2D eigenvalue weighted by Gasteiger charge is -2.22. The molecule has 44 heavy (non-hydrogen) atoms. The zero-order valence-corrected chi connectivity index (χ0v) is 31.6. The molecule has 0 heterocycles. The molecule has 0 atom stereocenters. The Labute approximate surface area is 299 Å². The van der Waals surface area contributed by atoms with E-state index < -0.39 is 42.8 Å². The van der Waals surface area contributed by atoms with Gasteiger partial charge in [-0.15, -0.1) is 0 Å². The van der Waals surface area contributed by atoms with E-state index in [0.29, 0.717) is 7.14 Å². The lowest BCUT2D eigenvalue weighted by Crippen LogP contribution is -2.28. The van der Waals surface area contributed by atoms with Crippen molar-refractivity contribution in [2.45, 2.75) is 11.0 Å². The number of benzene rings is 4. The molecule has 0 N–H and O–H groups in total. The molecule has 0 aliphatic rings. The Balaban J connectivity index is 2.32. The third-order valence-electron chi connectivity index (χ3n) is 5.81. The Morgan fingerprint density at radius 3 is 1.14 bits per heavy atom. The molecular formula is C24H12F6I4O8S2. The molecule has 0 amide bonds. The van der Waals surface area contributed by atoms with Gasteiger partial charge in [-0.25, -0.2) is 0 Å². The quantitative estimate of drug-likeness (QED) is 0.0786. The van der Waals surface area contributed by atoms with Gasteiger partial charge in [-0.05, 0) is 127 Å². The SMILES string of the molecule is COc1cc(I)c2cc(I)cc(OS(=O)(=O)C(F)(F)F)c2c1-c1c(OC)cc(I)c2cc(I)cc(OS(=O)(=O)C(F)(F)F)c12. The van der Waals surface area contributed by atoms with Gasteiger partial charge in [-0.3, -0.25) is 0 Å². The summed E-state index contributed by atoms with van der Waals surface area (Å²) >= 11 is 7.15. The lowest BCUT2D eigenvalue weighted by molar-refractivity contribution is -0.0504. The predicted octanol–water partition coefficient (Wildman–Crippen LogP) is 8.55. The number of rotatable bonds is 7. The molecule has 0 aliphatic carbocycles. The molecule has 8 nitrogen and oxygen atoms in total. The predicted molar refractivity (Wildman–Crippen MR) is 182 cm³/mol. The van der Waals surface area contributed by atoms with Crippen LogP contribution in [0, 0.1) is 14.3 Å². The van der Waals surface area contributed by atoms with Gasteiger partial charge >= 0.3 is 31.3 Å². The van der Waals surface area contributed by atoms with Gasteiger partial charge in [0.2, 0.25) is 0 Å². The first kappa shape index (κ1) is 35.8. The highest BCUT2D eigenvalue weighted by atomic mass is 127. The Bertz CT molecular complexity index is 1900. The lowest BCUT2D eigenvalue weighted by atomic mass is 9.91. The van der Waals surface area contributed by atoms with Gasteiger partial charge < -0.3 is 17.8 Å². The second kappa shape index (κ2) is 12.6. The van der Waals surface area contributed by atoms with Crippen LogP contribution in [-0.2, 0) is 20.2 Å². The van der Waals surface area contributed by atoms with E-state index in [2.05, 4.69) is 8.37 Å². The summed E-state index contributed by atoms with van der Waals surface area (Å²) in [5.74, 6) is -1.77. The van der Waals surface area contributed by atoms with Gasteiger partial charge in [0, 0.05) is 47.0 Å². The Kier molecular flexibility index (Phi) is 10.2. The normalized spacial score (nSPS) is 12.9. The molecule has 4 aromatic carbocycles. The summed E-state index contributed by atoms with van der Waals surface area (Å²) in [5.41, 5.74) is -12.0. The Morgan fingerprint density at radius 2 is 0.864 bits per heavy atom. The number of hydrogen-bond donors (Lipinski definition) is 0. The van der Waals surface area contributed by atoms with Crippen molar-refractivity contribution in [3.05, 3.63) is 50.7 Å². The van der Waals surface area contributed by atoms with Crippen LogP contribution in [0.15, 0.2) is 36.4 Å². The van der Waals surface area contributed by atoms with Gasteiger partial charge in [0.15, 0.2) is 11.5 Å². The van der Waals surface area contributed by atoms with E-state index in [1.165, 1.54) is 38.5 Å². The van der Waals surface area contributed by atoms with Crippen LogP contribution in [0.25, 0.3) is 32.7 Å². The van der Waals surface area contributed by atoms with E-state index in [1.54, 1.807) is 45.2 Å². The van der Waals surface area contributed by atoms with Crippen LogP contribution in [0.2, 0.25) is 0 Å². The smallest absolute Gasteiger partial charge is 0.496 e. The zero-order valence-electron chi connectivity index (χ0n) is 21.3. The fourth-order valence-electron chi connectivity index (χ4n) is 4.11. The minimum Gasteiger partial charge on any atom is -0.496 e. The van der Waals surface area contributed by atoms with Crippen LogP contribution in [-0.4, -0.2) is 42.1 Å². The van der Waals surface area contributed by atoms with E-state index in [0.717, 1.165) is 12.1 Å². The highest BCUT2D eigenvalue weighted by molar-refractivity contribution is 14.1. The number of alkyl halides is 6. The van der Waals surface area contributed by atoms with E-state index in [4.69, 9.17) is 9.47 Å². The maximum absolute atomic E-state index is 13.5. The first-order valence-electron chi connectivity index (χ1n) is 11.1. The Morgan fingerprint density at radius 1 is 0.545 bits per heavy atom. The minimum atomic E-state index is -6.22. The minimum absolute atomic E-state index is 0.0960. The Hall–Kier alpha value is -1.00. The average Bonchev–Trinajstić information content (AvgIpc) is 2.87. The van der Waals surface area contributed by atoms with E-state index in [9.17, 15) is 43.2 Å². The van der Waals surface area contributed by atoms with E-state index >= 15 is 0 Å². The second-order valence-corrected chi connectivity index (χ2v) is 16.4. The summed E-state index contributed by atoms with van der Waals surface area (Å²) in [4.78, 5) is 0. The third-order valence-corrected chi connectivity index (χ3v) is 10.8. The molecule has 0 bridgehead atoms. The maximum Gasteiger partial charge on any atom is 0.534 e. The van der Waals surface area contributed by atoms with Crippen LogP contribution in [0.3, 0.4) is 0 Å². The van der Waals surface area contributed by atoms with Gasteiger partial charge in [-0.1, -0.05) is 0 Å². The summed E-state index contributed by atoms with van der Waals surface area (Å²) in [6.07, 6.45) is 0. The van der Waals surface area contributed by atoms with Crippen LogP contribution in [0.4, 0.5) is 26.3 Å². The summed E-state index contributed by atoms with van der Waals surface area (Å²) < 4.78 is 151. The number of halogens is 10. The summed E-state index contributed by atoms with van der Waals surface area (Å²) in [5, 5.41) is -0.174. The number of ether oxygens (including phenoxy) is 2. The van der Waals surface area contributed by atoms with Crippen LogP contribution in [0.5, 0.6) is 23.0 Å². The summed E-state index contributed by atoms with van der Waals surface area (Å²) in [7, 11) is -10.1. The van der Waals surface area contributed by atoms with Crippen molar-refractivity contribution in [3.8, 4) is 34.1 Å². The molecule has 0 saturated carbocycles. The number of hydrogen-bond acceptors (Lipinski definition) is 8. The van der Waals surface area contributed by atoms with E-state index in [1.807, 2.05) is 45.2 Å². The van der Waals surface area contributed by atoms with Gasteiger partial charge in [0.25, 0.3) is 0 Å². The third kappa shape index (κ3) is 6.69. The zero-order chi connectivity index (χ0) is 33.2. The van der Waals surface area contributed by atoms with Crippen molar-refractivity contribution in [2.24, 2.45) is 0 Å². The molecule has 0 aliphatic heterocycles. The highest BCUT2D eigenvalue weighted by Gasteiger charge is 2.50. The first-order valence-corrected chi connectivity index (χ1v) is 18.3. The summed E-state index contributed by atoms with van der Waals surface area (Å²) in [6, 6.07) is 7.92. The van der Waals surface area contributed by atoms with Crippen molar-refractivity contribution in [2.75, 3.05) is 14.2 Å². The number of fused-ring (bicyclic) bond motifs is 2. The molecule has 0 unspecified atom stereocenters. The van der Waals surface area contributed by atoms with Gasteiger partial charge in [0.05, 0.1) is 14.2 Å². The van der Waals surface area contributed by atoms with Crippen LogP contribution < -0.4 is 17.8 Å². The fraction of sp³-hybridized carbons (Fsp3) is 0.167. The van der Waals surface area contributed by atoms with Crippen LogP contribution in [0.1, 0.15) is 0 Å². The standard InChI is InChI=1S/C24H12F6I4O8S2/c1-39-15-7-13(33)11-3-9(31)5-17(41-43(35,36)23(25,26)27)19(11)21(15)22-16(40-2)8-14(34)12-4-10(32)6-18(20(12)22)42-44(37,38)24(28,29)30/h3-8H,1-2H3. The van der Waals surface area contributed by atoms with Crippen molar-refractivity contribution < 1.29 is 61.0 Å². The topological polar surface area (TPSA) is 105 Å². The van der Waals surface area contributed by atoms with Crippen molar-refractivity contribution in [1.29, 1.82) is 0 Å². The molecule has 0 fully saturated rings. The largest absolute Gasteiger partial charge is 0.534 e. The van der Waals surface area contributed by atoms with Gasteiger partial charge in [0.1, 0.15) is 11.5 Å². The molecule has 20 heteroatoms. The molecule has 238 valence electrons. The highest BCUT2D eigenvalue weighted by Crippen LogP contribution is 2.53. The molecule has 0 aromatic heterocycles. The molecular weight excluding hydrogens is 1100 g/mol. The monoisotopic (exact) mass is 1110 g/mol. The molecule has 0 saturated heterocycles. The second-order valence-electron chi connectivity index (χ2n) is 8.49. The molecule has 4 aromatic rings. The molecule has 0 spiro atoms. The van der Waals surface area contributed by atoms with Gasteiger partial charge in [-0.2, -0.15) is 43.2 Å². The van der Waals surface area contributed by atoms with Crippen molar-refractivity contribution in [1.82, 2.24) is 0 Å². The van der Waals surface area contributed by atoms with Crippen LogP contribution >= 0.6 is 90.4 Å². The molecule has 0 radical (unpaired) electrons. The fourth-order valence-corrected chi connectivity index (χ4v) is 7.64. The first-order chi connectivity index (χ1) is 20.1. The number of methoxy groups -OCH3 is 2. The maximum atomic E-state index is 13.5. The van der Waals surface area contributed by atoms with Crippen molar-refractivity contribution >= 4 is 132 Å².